The van der Waals surface area contributed by atoms with E-state index in [1.54, 1.807) is 36.4 Å². The lowest BCUT2D eigenvalue weighted by Crippen LogP contribution is -2.27. The maximum absolute atomic E-state index is 12.3. The largest absolute Gasteiger partial charge is 0.477 e. The van der Waals surface area contributed by atoms with Crippen molar-refractivity contribution in [3.63, 3.8) is 0 Å². The van der Waals surface area contributed by atoms with Crippen molar-refractivity contribution in [1.82, 2.24) is 5.32 Å². The molecular weight excluding hydrogens is 458 g/mol. The van der Waals surface area contributed by atoms with Gasteiger partial charge in [-0.05, 0) is 76.1 Å². The first-order chi connectivity index (χ1) is 13.9. The first-order valence-corrected chi connectivity index (χ1v) is 9.64. The van der Waals surface area contributed by atoms with Gasteiger partial charge in [-0.25, -0.2) is 4.79 Å². The molecule has 0 saturated carbocycles. The molecule has 0 aliphatic carbocycles. The Kier molecular flexibility index (Phi) is 6.69. The quantitative estimate of drug-likeness (QED) is 0.448. The number of benzene rings is 3. The van der Waals surface area contributed by atoms with Gasteiger partial charge >= 0.3 is 5.97 Å². The minimum absolute atomic E-state index is 0.246. The summed E-state index contributed by atoms with van der Waals surface area (Å²) in [5.41, 5.74) is 0.654. The van der Waals surface area contributed by atoms with Crippen LogP contribution in [0.25, 0.3) is 6.08 Å². The predicted octanol–water partition coefficient (Wildman–Crippen LogP) is 5.75. The average Bonchev–Trinajstić information content (AvgIpc) is 2.71. The highest BCUT2D eigenvalue weighted by Gasteiger charge is 2.13. The number of carboxylic acids is 1. The second kappa shape index (κ2) is 9.41. The van der Waals surface area contributed by atoms with E-state index in [0.29, 0.717) is 27.6 Å². The highest BCUT2D eigenvalue weighted by atomic mass is 79.9. The Morgan fingerprint density at radius 3 is 2.24 bits per heavy atom. The number of ether oxygens (including phenoxy) is 1. The van der Waals surface area contributed by atoms with Gasteiger partial charge in [0.2, 0.25) is 0 Å². The van der Waals surface area contributed by atoms with Crippen LogP contribution >= 0.6 is 27.5 Å². The van der Waals surface area contributed by atoms with E-state index in [1.165, 1.54) is 18.2 Å². The van der Waals surface area contributed by atoms with Gasteiger partial charge in [0.15, 0.2) is 0 Å². The molecule has 1 amide bonds. The number of carboxylic acid groups (broad SMARTS) is 1. The molecule has 0 radical (unpaired) electrons. The molecular formula is C22H15BrClNO4. The monoisotopic (exact) mass is 471 g/mol. The van der Waals surface area contributed by atoms with Gasteiger partial charge in [-0.15, -0.1) is 0 Å². The topological polar surface area (TPSA) is 75.6 Å². The molecule has 0 saturated heterocycles. The van der Waals surface area contributed by atoms with Gasteiger partial charge in [-0.1, -0.05) is 35.9 Å². The summed E-state index contributed by atoms with van der Waals surface area (Å²) in [6.07, 6.45) is 1.37. The van der Waals surface area contributed by atoms with Crippen LogP contribution in [0.15, 0.2) is 83.0 Å². The minimum atomic E-state index is -1.25. The smallest absolute Gasteiger partial charge is 0.352 e. The zero-order valence-electron chi connectivity index (χ0n) is 14.9. The van der Waals surface area contributed by atoms with Crippen LogP contribution in [-0.4, -0.2) is 17.0 Å². The summed E-state index contributed by atoms with van der Waals surface area (Å²) in [6, 6.07) is 20.4. The molecule has 0 aliphatic rings. The highest BCUT2D eigenvalue weighted by Crippen LogP contribution is 2.29. The zero-order valence-corrected chi connectivity index (χ0v) is 17.3. The Balaban J connectivity index is 1.75. The van der Waals surface area contributed by atoms with E-state index >= 15 is 0 Å². The molecule has 0 heterocycles. The predicted molar refractivity (Wildman–Crippen MR) is 115 cm³/mol. The molecule has 5 nitrogen and oxygen atoms in total. The molecule has 3 rings (SSSR count). The number of hydrogen-bond acceptors (Lipinski definition) is 3. The molecule has 0 fully saturated rings. The molecule has 0 aromatic heterocycles. The standard InChI is InChI=1S/C22H15BrClNO4/c23-18-3-1-2-4-20(18)29-17-11-5-14(6-12-17)13-19(22(27)28)25-21(26)15-7-9-16(24)10-8-15/h1-13H,(H,25,26)(H,27,28). The van der Waals surface area contributed by atoms with Crippen molar-refractivity contribution in [2.24, 2.45) is 0 Å². The first-order valence-electron chi connectivity index (χ1n) is 8.47. The lowest BCUT2D eigenvalue weighted by molar-refractivity contribution is -0.132. The van der Waals surface area contributed by atoms with Crippen molar-refractivity contribution >= 4 is 45.5 Å². The molecule has 0 atom stereocenters. The fraction of sp³-hybridized carbons (Fsp3) is 0. The maximum atomic E-state index is 12.3. The number of rotatable bonds is 6. The molecule has 0 aliphatic heterocycles. The van der Waals surface area contributed by atoms with Crippen LogP contribution < -0.4 is 10.1 Å². The summed E-state index contributed by atoms with van der Waals surface area (Å²) >= 11 is 9.22. The SMILES string of the molecule is O=C(O)C(=Cc1ccc(Oc2ccccc2Br)cc1)NC(=O)c1ccc(Cl)cc1. The van der Waals surface area contributed by atoms with Crippen molar-refractivity contribution in [3.8, 4) is 11.5 Å². The third-order valence-corrected chi connectivity index (χ3v) is 4.75. The van der Waals surface area contributed by atoms with Gasteiger partial charge < -0.3 is 15.2 Å². The molecule has 0 bridgehead atoms. The van der Waals surface area contributed by atoms with Crippen LogP contribution in [0.5, 0.6) is 11.5 Å². The van der Waals surface area contributed by atoms with Gasteiger partial charge in [0.1, 0.15) is 17.2 Å². The molecule has 3 aromatic carbocycles. The number of nitrogens with one attached hydrogen (secondary N) is 1. The maximum Gasteiger partial charge on any atom is 0.352 e. The number of hydrogen-bond donors (Lipinski definition) is 2. The van der Waals surface area contributed by atoms with Crippen molar-refractivity contribution in [3.05, 3.63) is 99.1 Å². The lowest BCUT2D eigenvalue weighted by Gasteiger charge is -2.09. The fourth-order valence-electron chi connectivity index (χ4n) is 2.40. The summed E-state index contributed by atoms with van der Waals surface area (Å²) < 4.78 is 6.61. The Labute approximate surface area is 180 Å². The Morgan fingerprint density at radius 2 is 1.62 bits per heavy atom. The summed E-state index contributed by atoms with van der Waals surface area (Å²) in [5.74, 6) is -0.529. The number of aliphatic carboxylic acids is 1. The summed E-state index contributed by atoms with van der Waals surface area (Å²) in [6.45, 7) is 0. The summed E-state index contributed by atoms with van der Waals surface area (Å²) in [4.78, 5) is 23.8. The van der Waals surface area contributed by atoms with Crippen LogP contribution in [0.4, 0.5) is 0 Å². The van der Waals surface area contributed by atoms with Gasteiger partial charge in [-0.3, -0.25) is 4.79 Å². The van der Waals surface area contributed by atoms with Crippen LogP contribution in [0.1, 0.15) is 15.9 Å². The van der Waals surface area contributed by atoms with E-state index in [1.807, 2.05) is 24.3 Å². The van der Waals surface area contributed by atoms with Crippen molar-refractivity contribution in [2.75, 3.05) is 0 Å². The van der Waals surface area contributed by atoms with E-state index in [9.17, 15) is 14.7 Å². The van der Waals surface area contributed by atoms with E-state index in [4.69, 9.17) is 16.3 Å². The molecule has 29 heavy (non-hydrogen) atoms. The van der Waals surface area contributed by atoms with Crippen LogP contribution in [0.3, 0.4) is 0 Å². The fourth-order valence-corrected chi connectivity index (χ4v) is 2.89. The number of carbonyl (C=O) groups is 2. The van der Waals surface area contributed by atoms with Crippen LogP contribution in [-0.2, 0) is 4.79 Å². The van der Waals surface area contributed by atoms with Crippen LogP contribution in [0.2, 0.25) is 5.02 Å². The number of halogens is 2. The Morgan fingerprint density at radius 1 is 0.966 bits per heavy atom. The number of para-hydroxylation sites is 1. The van der Waals surface area contributed by atoms with E-state index < -0.39 is 11.9 Å². The molecule has 2 N–H and O–H groups in total. The minimum Gasteiger partial charge on any atom is -0.477 e. The van der Waals surface area contributed by atoms with Crippen molar-refractivity contribution < 1.29 is 19.4 Å². The second-order valence-corrected chi connectivity index (χ2v) is 7.22. The third-order valence-electron chi connectivity index (χ3n) is 3.84. The van der Waals surface area contributed by atoms with Crippen LogP contribution in [0, 0.1) is 0 Å². The second-order valence-electron chi connectivity index (χ2n) is 5.93. The lowest BCUT2D eigenvalue weighted by atomic mass is 10.1. The number of amides is 1. The van der Waals surface area contributed by atoms with Crippen molar-refractivity contribution in [1.29, 1.82) is 0 Å². The van der Waals surface area contributed by atoms with Gasteiger partial charge in [0.25, 0.3) is 5.91 Å². The molecule has 3 aromatic rings. The summed E-state index contributed by atoms with van der Waals surface area (Å²) in [7, 11) is 0. The third kappa shape index (κ3) is 5.70. The zero-order chi connectivity index (χ0) is 20.8. The Bertz CT molecular complexity index is 1060. The van der Waals surface area contributed by atoms with E-state index in [2.05, 4.69) is 21.2 Å². The first kappa shape index (κ1) is 20.6. The van der Waals surface area contributed by atoms with E-state index in [-0.39, 0.29) is 5.70 Å². The molecule has 0 spiro atoms. The normalized spacial score (nSPS) is 11.0. The van der Waals surface area contributed by atoms with Crippen molar-refractivity contribution in [2.45, 2.75) is 0 Å². The molecule has 0 unspecified atom stereocenters. The average molecular weight is 473 g/mol. The van der Waals surface area contributed by atoms with Gasteiger partial charge in [0.05, 0.1) is 4.47 Å². The van der Waals surface area contributed by atoms with E-state index in [0.717, 1.165) is 4.47 Å². The van der Waals surface area contributed by atoms with Gasteiger partial charge in [0, 0.05) is 10.6 Å². The molecule has 146 valence electrons. The molecule has 7 heteroatoms. The van der Waals surface area contributed by atoms with Gasteiger partial charge in [-0.2, -0.15) is 0 Å². The Hall–Kier alpha value is -3.09. The summed E-state index contributed by atoms with van der Waals surface area (Å²) in [5, 5.41) is 12.3. The highest BCUT2D eigenvalue weighted by molar-refractivity contribution is 9.10. The number of carbonyl (C=O) groups excluding carboxylic acids is 1.